The number of aromatic nitrogens is 4. The minimum atomic E-state index is -0.111. The van der Waals surface area contributed by atoms with Crippen LogP contribution in [0, 0.1) is 6.92 Å². The molecule has 0 saturated heterocycles. The molecule has 25 heavy (non-hydrogen) atoms. The van der Waals surface area contributed by atoms with Crippen LogP contribution in [-0.4, -0.2) is 31.0 Å². The van der Waals surface area contributed by atoms with E-state index >= 15 is 0 Å². The highest BCUT2D eigenvalue weighted by atomic mass is 32.1. The Morgan fingerprint density at radius 3 is 2.96 bits per heavy atom. The molecule has 1 aliphatic heterocycles. The first-order valence-electron chi connectivity index (χ1n) is 7.71. The van der Waals surface area contributed by atoms with E-state index in [0.29, 0.717) is 36.9 Å². The number of hydrogen-bond acceptors (Lipinski definition) is 8. The van der Waals surface area contributed by atoms with Gasteiger partial charge in [0.1, 0.15) is 18.1 Å². The number of hydrogen-bond donors (Lipinski definition) is 0. The van der Waals surface area contributed by atoms with E-state index in [2.05, 4.69) is 20.2 Å². The van der Waals surface area contributed by atoms with Gasteiger partial charge in [0.05, 0.1) is 48.4 Å². The lowest BCUT2D eigenvalue weighted by atomic mass is 10.3. The van der Waals surface area contributed by atoms with Gasteiger partial charge >= 0.3 is 0 Å². The SMILES string of the molecule is Cc1nc(COCc2nc3c(o2)CN(C(=O)c2ccnnc2)C3)cs1. The molecule has 0 unspecified atom stereocenters. The molecule has 0 fully saturated rings. The van der Waals surface area contributed by atoms with E-state index in [4.69, 9.17) is 9.15 Å². The topological polar surface area (TPSA) is 94.2 Å². The second-order valence-electron chi connectivity index (χ2n) is 5.62. The summed E-state index contributed by atoms with van der Waals surface area (Å²) in [6.07, 6.45) is 2.95. The first-order chi connectivity index (χ1) is 12.2. The Morgan fingerprint density at radius 2 is 2.24 bits per heavy atom. The molecule has 0 bridgehead atoms. The van der Waals surface area contributed by atoms with Crippen LogP contribution < -0.4 is 0 Å². The van der Waals surface area contributed by atoms with Crippen molar-refractivity contribution >= 4 is 17.2 Å². The number of amides is 1. The number of rotatable bonds is 5. The Bertz CT molecular complexity index is 869. The molecule has 3 aromatic heterocycles. The van der Waals surface area contributed by atoms with Gasteiger partial charge < -0.3 is 14.1 Å². The van der Waals surface area contributed by atoms with Crippen molar-refractivity contribution in [2.24, 2.45) is 0 Å². The molecule has 0 saturated carbocycles. The largest absolute Gasteiger partial charge is 0.441 e. The summed E-state index contributed by atoms with van der Waals surface area (Å²) in [7, 11) is 0. The fourth-order valence-electron chi connectivity index (χ4n) is 2.62. The van der Waals surface area contributed by atoms with Crippen molar-refractivity contribution in [2.45, 2.75) is 33.2 Å². The van der Waals surface area contributed by atoms with Crippen molar-refractivity contribution in [3.63, 3.8) is 0 Å². The predicted octanol–water partition coefficient (Wildman–Crippen LogP) is 2.10. The molecule has 0 radical (unpaired) electrons. The lowest BCUT2D eigenvalue weighted by Crippen LogP contribution is -2.25. The van der Waals surface area contributed by atoms with Gasteiger partial charge in [0.15, 0.2) is 0 Å². The molecule has 1 aliphatic rings. The van der Waals surface area contributed by atoms with Crippen LogP contribution in [0.1, 0.15) is 38.4 Å². The van der Waals surface area contributed by atoms with Gasteiger partial charge in [-0.2, -0.15) is 10.2 Å². The number of ether oxygens (including phenoxy) is 1. The monoisotopic (exact) mass is 357 g/mol. The lowest BCUT2D eigenvalue weighted by Gasteiger charge is -2.14. The van der Waals surface area contributed by atoms with Crippen LogP contribution in [-0.2, 0) is 31.0 Å². The molecule has 0 N–H and O–H groups in total. The van der Waals surface area contributed by atoms with Gasteiger partial charge in [-0.25, -0.2) is 9.97 Å². The number of fused-ring (bicyclic) bond motifs is 1. The van der Waals surface area contributed by atoms with E-state index in [1.165, 1.54) is 12.4 Å². The molecule has 8 nitrogen and oxygen atoms in total. The van der Waals surface area contributed by atoms with Crippen molar-refractivity contribution in [2.75, 3.05) is 0 Å². The van der Waals surface area contributed by atoms with E-state index < -0.39 is 0 Å². The Labute approximate surface area is 147 Å². The van der Waals surface area contributed by atoms with Gasteiger partial charge in [-0.05, 0) is 13.0 Å². The van der Waals surface area contributed by atoms with Crippen LogP contribution in [0.4, 0.5) is 0 Å². The summed E-state index contributed by atoms with van der Waals surface area (Å²) in [6.45, 7) is 3.49. The quantitative estimate of drug-likeness (QED) is 0.690. The first kappa shape index (κ1) is 15.9. The Morgan fingerprint density at radius 1 is 1.32 bits per heavy atom. The van der Waals surface area contributed by atoms with E-state index in [1.54, 1.807) is 22.3 Å². The van der Waals surface area contributed by atoms with Gasteiger partial charge in [0.25, 0.3) is 5.91 Å². The summed E-state index contributed by atoms with van der Waals surface area (Å²) in [6, 6.07) is 1.64. The van der Waals surface area contributed by atoms with E-state index in [-0.39, 0.29) is 12.5 Å². The van der Waals surface area contributed by atoms with Crippen LogP contribution >= 0.6 is 11.3 Å². The van der Waals surface area contributed by atoms with Crippen LogP contribution in [0.25, 0.3) is 0 Å². The zero-order valence-electron chi connectivity index (χ0n) is 13.5. The summed E-state index contributed by atoms with van der Waals surface area (Å²) in [5.74, 6) is 1.12. The fraction of sp³-hybridized carbons (Fsp3) is 0.312. The molecule has 4 rings (SSSR count). The van der Waals surface area contributed by atoms with Crippen molar-refractivity contribution < 1.29 is 13.9 Å². The summed E-state index contributed by atoms with van der Waals surface area (Å²) < 4.78 is 11.3. The maximum Gasteiger partial charge on any atom is 0.256 e. The third kappa shape index (κ3) is 3.42. The lowest BCUT2D eigenvalue weighted by molar-refractivity contribution is 0.0723. The van der Waals surface area contributed by atoms with Crippen molar-refractivity contribution in [1.82, 2.24) is 25.1 Å². The van der Waals surface area contributed by atoms with Crippen molar-refractivity contribution in [3.8, 4) is 0 Å². The van der Waals surface area contributed by atoms with Crippen LogP contribution in [0.2, 0.25) is 0 Å². The van der Waals surface area contributed by atoms with E-state index in [1.807, 2.05) is 12.3 Å². The summed E-state index contributed by atoms with van der Waals surface area (Å²) in [5, 5.41) is 10.4. The number of carbonyl (C=O) groups excluding carboxylic acids is 1. The fourth-order valence-corrected chi connectivity index (χ4v) is 3.21. The number of nitrogens with zero attached hydrogens (tertiary/aromatic N) is 5. The first-order valence-corrected chi connectivity index (χ1v) is 8.59. The molecular weight excluding hydrogens is 342 g/mol. The minimum absolute atomic E-state index is 0.111. The average Bonchev–Trinajstić information content (AvgIpc) is 3.30. The second kappa shape index (κ2) is 6.69. The molecule has 0 aromatic carbocycles. The summed E-state index contributed by atoms with van der Waals surface area (Å²) >= 11 is 1.60. The summed E-state index contributed by atoms with van der Waals surface area (Å²) in [4.78, 5) is 22.8. The molecule has 4 heterocycles. The molecule has 3 aromatic rings. The molecule has 1 amide bonds. The van der Waals surface area contributed by atoms with E-state index in [0.717, 1.165) is 16.4 Å². The Hall–Kier alpha value is -2.65. The zero-order valence-corrected chi connectivity index (χ0v) is 14.3. The highest BCUT2D eigenvalue weighted by Gasteiger charge is 2.29. The van der Waals surface area contributed by atoms with Crippen molar-refractivity contribution in [3.05, 3.63) is 57.5 Å². The zero-order chi connectivity index (χ0) is 17.2. The van der Waals surface area contributed by atoms with Gasteiger partial charge in [-0.3, -0.25) is 4.79 Å². The average molecular weight is 357 g/mol. The summed E-state index contributed by atoms with van der Waals surface area (Å²) in [5.41, 5.74) is 2.19. The van der Waals surface area contributed by atoms with Crippen LogP contribution in [0.15, 0.2) is 28.3 Å². The second-order valence-corrected chi connectivity index (χ2v) is 6.68. The van der Waals surface area contributed by atoms with Crippen LogP contribution in [0.3, 0.4) is 0 Å². The maximum absolute atomic E-state index is 12.4. The normalized spacial score (nSPS) is 13.2. The number of oxazole rings is 1. The highest BCUT2D eigenvalue weighted by molar-refractivity contribution is 7.09. The van der Waals surface area contributed by atoms with Crippen LogP contribution in [0.5, 0.6) is 0 Å². The Balaban J connectivity index is 1.33. The molecule has 0 atom stereocenters. The molecule has 0 spiro atoms. The molecule has 128 valence electrons. The number of thiazole rings is 1. The van der Waals surface area contributed by atoms with E-state index in [9.17, 15) is 4.79 Å². The number of aryl methyl sites for hydroxylation is 1. The van der Waals surface area contributed by atoms with Gasteiger partial charge in [0.2, 0.25) is 5.89 Å². The third-order valence-electron chi connectivity index (χ3n) is 3.76. The number of carbonyl (C=O) groups is 1. The van der Waals surface area contributed by atoms with Crippen molar-refractivity contribution in [1.29, 1.82) is 0 Å². The highest BCUT2D eigenvalue weighted by Crippen LogP contribution is 2.25. The van der Waals surface area contributed by atoms with Gasteiger partial charge in [-0.1, -0.05) is 0 Å². The Kier molecular flexibility index (Phi) is 4.24. The third-order valence-corrected chi connectivity index (χ3v) is 4.58. The standard InChI is InChI=1S/C16H15N5O3S/c1-10-19-12(9-25-10)7-23-8-15-20-13-5-21(6-14(13)24-15)16(22)11-2-3-17-18-4-11/h2-4,9H,5-8H2,1H3. The van der Waals surface area contributed by atoms with Gasteiger partial charge in [0, 0.05) is 5.38 Å². The van der Waals surface area contributed by atoms with Gasteiger partial charge in [-0.15, -0.1) is 11.3 Å². The smallest absolute Gasteiger partial charge is 0.256 e. The maximum atomic E-state index is 12.4. The minimum Gasteiger partial charge on any atom is -0.441 e. The molecule has 0 aliphatic carbocycles. The predicted molar refractivity (Wildman–Crippen MR) is 87.5 cm³/mol. The molecular formula is C16H15N5O3S. The molecule has 9 heteroatoms.